The summed E-state index contributed by atoms with van der Waals surface area (Å²) >= 11 is 0. The maximum atomic E-state index is 12.0. The average Bonchev–Trinajstić information content (AvgIpc) is 2.99. The van der Waals surface area contributed by atoms with Crippen molar-refractivity contribution in [1.29, 1.82) is 5.26 Å². The van der Waals surface area contributed by atoms with E-state index in [-0.39, 0.29) is 0 Å². The zero-order valence-corrected chi connectivity index (χ0v) is 13.3. The normalized spacial score (nSPS) is 12.3. The van der Waals surface area contributed by atoms with Gasteiger partial charge in [0.25, 0.3) is 0 Å². The van der Waals surface area contributed by atoms with Crippen LogP contribution in [0.25, 0.3) is 0 Å². The van der Waals surface area contributed by atoms with Crippen LogP contribution in [0.3, 0.4) is 0 Å². The van der Waals surface area contributed by atoms with Crippen molar-refractivity contribution < 1.29 is 9.53 Å². The molecule has 23 heavy (non-hydrogen) atoms. The van der Waals surface area contributed by atoms with E-state index in [9.17, 15) is 4.79 Å². The summed E-state index contributed by atoms with van der Waals surface area (Å²) < 4.78 is 5.29. The molecule has 7 nitrogen and oxygen atoms in total. The molecule has 2 aromatic rings. The molecule has 0 saturated heterocycles. The van der Waals surface area contributed by atoms with E-state index < -0.39 is 17.7 Å². The molecule has 0 spiro atoms. The number of hydrogen-bond donors (Lipinski definition) is 2. The number of nitrogens with zero attached hydrogens (tertiary/aromatic N) is 3. The van der Waals surface area contributed by atoms with E-state index >= 15 is 0 Å². The van der Waals surface area contributed by atoms with Gasteiger partial charge >= 0.3 is 6.09 Å². The highest BCUT2D eigenvalue weighted by Gasteiger charge is 2.22. The lowest BCUT2D eigenvalue weighted by Crippen LogP contribution is -2.36. The van der Waals surface area contributed by atoms with Gasteiger partial charge in [0.1, 0.15) is 17.8 Å². The van der Waals surface area contributed by atoms with Crippen LogP contribution in [0.2, 0.25) is 0 Å². The number of aromatic nitrogens is 3. The molecule has 0 unspecified atom stereocenters. The Kier molecular flexibility index (Phi) is 4.96. The first-order chi connectivity index (χ1) is 10.9. The van der Waals surface area contributed by atoms with Crippen LogP contribution in [0.5, 0.6) is 0 Å². The van der Waals surface area contributed by atoms with Gasteiger partial charge in [0.2, 0.25) is 0 Å². The summed E-state index contributed by atoms with van der Waals surface area (Å²) in [5, 5.41) is 18.2. The minimum absolute atomic E-state index is 0.403. The van der Waals surface area contributed by atoms with Crippen LogP contribution in [-0.2, 0) is 11.2 Å². The van der Waals surface area contributed by atoms with Crippen LogP contribution in [0.15, 0.2) is 30.6 Å². The number of carbonyl (C=O) groups is 1. The van der Waals surface area contributed by atoms with Gasteiger partial charge in [-0.05, 0) is 38.5 Å². The topological polar surface area (TPSA) is 104 Å². The lowest BCUT2D eigenvalue weighted by Gasteiger charge is -2.22. The Balaban J connectivity index is 2.12. The third-order valence-corrected chi connectivity index (χ3v) is 2.98. The first-order valence-electron chi connectivity index (χ1n) is 7.21. The number of hydrogen-bond acceptors (Lipinski definition) is 5. The molecule has 7 heteroatoms. The fraction of sp³-hybridized carbons (Fsp3) is 0.375. The number of aromatic amines is 1. The summed E-state index contributed by atoms with van der Waals surface area (Å²) in [6.45, 7) is 5.41. The molecule has 1 atom stereocenters. The highest BCUT2D eigenvalue weighted by molar-refractivity contribution is 5.68. The number of rotatable bonds is 4. The first-order valence-corrected chi connectivity index (χ1v) is 7.21. The number of alkyl carbamates (subject to hydrolysis) is 1. The standard InChI is InChI=1S/C16H19N5O2/c1-16(2,3)23-15(22)20-13(14-18-10-19-21-14)8-11-4-6-12(9-17)7-5-11/h4-7,10,13H,8H2,1-3H3,(H,20,22)(H,18,19,21)/t13-/m1/s1. The summed E-state index contributed by atoms with van der Waals surface area (Å²) in [6, 6.07) is 8.84. The van der Waals surface area contributed by atoms with Crippen molar-refractivity contribution in [2.24, 2.45) is 0 Å². The second kappa shape index (κ2) is 6.92. The Hall–Kier alpha value is -2.88. The highest BCUT2D eigenvalue weighted by Crippen LogP contribution is 2.17. The summed E-state index contributed by atoms with van der Waals surface area (Å²) in [5.41, 5.74) is 0.969. The third-order valence-electron chi connectivity index (χ3n) is 2.98. The number of benzene rings is 1. The van der Waals surface area contributed by atoms with Gasteiger partial charge in [-0.15, -0.1) is 0 Å². The summed E-state index contributed by atoms with van der Waals surface area (Å²) in [6.07, 6.45) is 1.37. The molecule has 0 radical (unpaired) electrons. The van der Waals surface area contributed by atoms with E-state index in [0.717, 1.165) is 5.56 Å². The van der Waals surface area contributed by atoms with Crippen LogP contribution in [0, 0.1) is 11.3 Å². The smallest absolute Gasteiger partial charge is 0.408 e. The Bertz CT molecular complexity index is 681. The maximum Gasteiger partial charge on any atom is 0.408 e. The van der Waals surface area contributed by atoms with Crippen LogP contribution >= 0.6 is 0 Å². The van der Waals surface area contributed by atoms with Crippen molar-refractivity contribution >= 4 is 6.09 Å². The molecule has 1 aromatic heterocycles. The fourth-order valence-electron chi connectivity index (χ4n) is 2.00. The Labute approximate surface area is 134 Å². The molecule has 0 aliphatic carbocycles. The minimum Gasteiger partial charge on any atom is -0.444 e. The zero-order valence-electron chi connectivity index (χ0n) is 13.3. The molecular weight excluding hydrogens is 294 g/mol. The Morgan fingerprint density at radius 2 is 2.09 bits per heavy atom. The number of H-pyrrole nitrogens is 1. The number of ether oxygens (including phenoxy) is 1. The minimum atomic E-state index is -0.579. The fourth-order valence-corrected chi connectivity index (χ4v) is 2.00. The van der Waals surface area contributed by atoms with E-state index in [1.54, 1.807) is 32.9 Å². The monoisotopic (exact) mass is 313 g/mol. The Morgan fingerprint density at radius 3 is 2.61 bits per heavy atom. The van der Waals surface area contributed by atoms with Gasteiger partial charge in [0.05, 0.1) is 17.7 Å². The SMILES string of the molecule is CC(C)(C)OC(=O)N[C@H](Cc1ccc(C#N)cc1)c1ncn[nH]1. The van der Waals surface area contributed by atoms with E-state index in [2.05, 4.69) is 26.6 Å². The number of nitrogens with one attached hydrogen (secondary N) is 2. The van der Waals surface area contributed by atoms with Crippen LogP contribution < -0.4 is 5.32 Å². The lowest BCUT2D eigenvalue weighted by atomic mass is 10.0. The molecule has 0 aliphatic rings. The quantitative estimate of drug-likeness (QED) is 0.902. The van der Waals surface area contributed by atoms with E-state index in [0.29, 0.717) is 17.8 Å². The van der Waals surface area contributed by atoms with Gasteiger partial charge in [-0.3, -0.25) is 5.10 Å². The molecule has 2 rings (SSSR count). The summed E-state index contributed by atoms with van der Waals surface area (Å²) in [7, 11) is 0. The van der Waals surface area contributed by atoms with Gasteiger partial charge in [-0.2, -0.15) is 10.4 Å². The van der Waals surface area contributed by atoms with Crippen molar-refractivity contribution in [3.05, 3.63) is 47.5 Å². The number of carbonyl (C=O) groups excluding carboxylic acids is 1. The van der Waals surface area contributed by atoms with Gasteiger partial charge in [-0.25, -0.2) is 9.78 Å². The van der Waals surface area contributed by atoms with E-state index in [1.807, 2.05) is 12.1 Å². The predicted molar refractivity (Wildman–Crippen MR) is 83.4 cm³/mol. The first kappa shape index (κ1) is 16.5. The van der Waals surface area contributed by atoms with E-state index in [4.69, 9.17) is 10.00 Å². The molecular formula is C16H19N5O2. The molecule has 1 heterocycles. The molecule has 2 N–H and O–H groups in total. The third kappa shape index (κ3) is 5.11. The highest BCUT2D eigenvalue weighted by atomic mass is 16.6. The molecule has 1 amide bonds. The summed E-state index contributed by atoms with van der Waals surface area (Å²) in [4.78, 5) is 16.1. The number of nitriles is 1. The molecule has 0 bridgehead atoms. The van der Waals surface area contributed by atoms with Crippen LogP contribution in [-0.4, -0.2) is 26.9 Å². The van der Waals surface area contributed by atoms with Gasteiger partial charge in [0.15, 0.2) is 0 Å². The maximum absolute atomic E-state index is 12.0. The molecule has 120 valence electrons. The van der Waals surface area contributed by atoms with Crippen molar-refractivity contribution in [3.63, 3.8) is 0 Å². The van der Waals surface area contributed by atoms with Crippen molar-refractivity contribution in [1.82, 2.24) is 20.5 Å². The lowest BCUT2D eigenvalue weighted by molar-refractivity contribution is 0.0501. The van der Waals surface area contributed by atoms with Gasteiger partial charge < -0.3 is 10.1 Å². The largest absolute Gasteiger partial charge is 0.444 e. The van der Waals surface area contributed by atoms with Crippen LogP contribution in [0.4, 0.5) is 4.79 Å². The van der Waals surface area contributed by atoms with Gasteiger partial charge in [-0.1, -0.05) is 12.1 Å². The number of amides is 1. The van der Waals surface area contributed by atoms with Crippen molar-refractivity contribution in [3.8, 4) is 6.07 Å². The molecule has 0 fully saturated rings. The molecule has 0 saturated carbocycles. The van der Waals surface area contributed by atoms with Crippen LogP contribution in [0.1, 0.15) is 43.8 Å². The second-order valence-corrected chi connectivity index (χ2v) is 6.08. The van der Waals surface area contributed by atoms with Gasteiger partial charge in [0, 0.05) is 6.42 Å². The average molecular weight is 313 g/mol. The zero-order chi connectivity index (χ0) is 16.9. The Morgan fingerprint density at radius 1 is 1.39 bits per heavy atom. The van der Waals surface area contributed by atoms with E-state index in [1.165, 1.54) is 6.33 Å². The predicted octanol–water partition coefficient (Wildman–Crippen LogP) is 2.48. The van der Waals surface area contributed by atoms with Crippen molar-refractivity contribution in [2.75, 3.05) is 0 Å². The van der Waals surface area contributed by atoms with Crippen molar-refractivity contribution in [2.45, 2.75) is 38.8 Å². The summed E-state index contributed by atoms with van der Waals surface area (Å²) in [5.74, 6) is 0.542. The second-order valence-electron chi connectivity index (χ2n) is 6.08. The molecule has 1 aromatic carbocycles. The molecule has 0 aliphatic heterocycles.